The van der Waals surface area contributed by atoms with E-state index in [4.69, 9.17) is 14.7 Å². The van der Waals surface area contributed by atoms with Gasteiger partial charge in [-0.05, 0) is 44.6 Å². The Labute approximate surface area is 185 Å². The average molecular weight is 423 g/mol. The summed E-state index contributed by atoms with van der Waals surface area (Å²) in [6.07, 6.45) is 4.00. The quantitative estimate of drug-likeness (QED) is 0.806. The van der Waals surface area contributed by atoms with Crippen LogP contribution in [0.1, 0.15) is 69.8 Å². The maximum atomic E-state index is 13.0. The van der Waals surface area contributed by atoms with Crippen LogP contribution in [0.3, 0.4) is 0 Å². The molecular weight excluding hydrogens is 388 g/mol. The third-order valence-corrected chi connectivity index (χ3v) is 6.38. The van der Waals surface area contributed by atoms with Gasteiger partial charge in [0.25, 0.3) is 0 Å². The summed E-state index contributed by atoms with van der Waals surface area (Å²) in [6, 6.07) is 9.85. The molecule has 0 bridgehead atoms. The van der Waals surface area contributed by atoms with Crippen molar-refractivity contribution in [2.75, 3.05) is 18.0 Å². The normalized spacial score (nSPS) is 26.1. The van der Waals surface area contributed by atoms with E-state index in [1.807, 2.05) is 43.5 Å². The summed E-state index contributed by atoms with van der Waals surface area (Å²) in [5.41, 5.74) is 3.17. The molecule has 0 unspecified atom stereocenters. The van der Waals surface area contributed by atoms with Crippen LogP contribution in [-0.4, -0.2) is 41.2 Å². The molecule has 1 aliphatic carbocycles. The monoisotopic (exact) mass is 422 g/mol. The standard InChI is InChI=1S/C25H34N4O2/c1-16-14-29(15-17(2)31-16)24-26-13-20-21(11-25(4,5)12-22(20)28-24)27-23(30)18(3)19-9-7-6-8-10-19/h6-10,13,16-18,21H,11-12,14-15H2,1-5H3,(H,27,30)/t16-,17-,18-,21+/m1/s1. The second kappa shape index (κ2) is 8.58. The predicted molar refractivity (Wildman–Crippen MR) is 122 cm³/mol. The minimum absolute atomic E-state index is 0.0414. The number of amides is 1. The van der Waals surface area contributed by atoms with E-state index in [1.54, 1.807) is 0 Å². The SMILES string of the molecule is C[C@@H]1CN(c2ncc3c(n2)CC(C)(C)C[C@@H]3NC(=O)[C@H](C)c2ccccc2)C[C@@H](C)O1. The van der Waals surface area contributed by atoms with Gasteiger partial charge in [-0.3, -0.25) is 4.79 Å². The second-order valence-electron chi connectivity index (χ2n) is 9.97. The molecule has 4 rings (SSSR count). The van der Waals surface area contributed by atoms with Gasteiger partial charge in [0.15, 0.2) is 0 Å². The van der Waals surface area contributed by atoms with Crippen molar-refractivity contribution in [2.24, 2.45) is 5.41 Å². The molecule has 0 spiro atoms. The molecule has 4 atom stereocenters. The number of anilines is 1. The zero-order chi connectivity index (χ0) is 22.2. The molecule has 166 valence electrons. The van der Waals surface area contributed by atoms with Crippen LogP contribution in [0, 0.1) is 5.41 Å². The van der Waals surface area contributed by atoms with Crippen molar-refractivity contribution in [1.82, 2.24) is 15.3 Å². The molecule has 1 aromatic carbocycles. The first-order chi connectivity index (χ1) is 14.7. The van der Waals surface area contributed by atoms with E-state index in [0.29, 0.717) is 0 Å². The third kappa shape index (κ3) is 4.90. The number of carbonyl (C=O) groups excluding carboxylic acids is 1. The van der Waals surface area contributed by atoms with Crippen LogP contribution in [0.15, 0.2) is 36.5 Å². The highest BCUT2D eigenvalue weighted by Gasteiger charge is 2.36. The Hall–Kier alpha value is -2.47. The number of benzene rings is 1. The number of rotatable bonds is 4. The van der Waals surface area contributed by atoms with Crippen molar-refractivity contribution in [2.45, 2.75) is 71.6 Å². The Bertz CT molecular complexity index is 920. The third-order valence-electron chi connectivity index (χ3n) is 6.38. The molecule has 2 heterocycles. The Morgan fingerprint density at radius 2 is 1.87 bits per heavy atom. The van der Waals surface area contributed by atoms with Gasteiger partial charge in [-0.25, -0.2) is 9.97 Å². The molecule has 1 aliphatic heterocycles. The van der Waals surface area contributed by atoms with Crippen LogP contribution < -0.4 is 10.2 Å². The average Bonchev–Trinajstić information content (AvgIpc) is 2.71. The van der Waals surface area contributed by atoms with E-state index in [0.717, 1.165) is 48.7 Å². The van der Waals surface area contributed by atoms with Crippen molar-refractivity contribution in [3.8, 4) is 0 Å². The lowest BCUT2D eigenvalue weighted by atomic mass is 9.74. The van der Waals surface area contributed by atoms with E-state index >= 15 is 0 Å². The molecule has 2 aromatic rings. The highest BCUT2D eigenvalue weighted by atomic mass is 16.5. The summed E-state index contributed by atoms with van der Waals surface area (Å²) in [5, 5.41) is 3.29. The van der Waals surface area contributed by atoms with Gasteiger partial charge in [0.1, 0.15) is 0 Å². The highest BCUT2D eigenvalue weighted by Crippen LogP contribution is 2.40. The smallest absolute Gasteiger partial charge is 0.227 e. The largest absolute Gasteiger partial charge is 0.372 e. The number of aromatic nitrogens is 2. The Morgan fingerprint density at radius 3 is 2.55 bits per heavy atom. The van der Waals surface area contributed by atoms with Crippen molar-refractivity contribution in [3.05, 3.63) is 53.3 Å². The maximum absolute atomic E-state index is 13.0. The zero-order valence-corrected chi connectivity index (χ0v) is 19.3. The lowest BCUT2D eigenvalue weighted by molar-refractivity contribution is -0.123. The van der Waals surface area contributed by atoms with Crippen molar-refractivity contribution in [1.29, 1.82) is 0 Å². The molecule has 1 aromatic heterocycles. The highest BCUT2D eigenvalue weighted by molar-refractivity contribution is 5.83. The first-order valence-electron chi connectivity index (χ1n) is 11.3. The summed E-state index contributed by atoms with van der Waals surface area (Å²) < 4.78 is 5.86. The number of fused-ring (bicyclic) bond motifs is 1. The van der Waals surface area contributed by atoms with Crippen LogP contribution >= 0.6 is 0 Å². The Morgan fingerprint density at radius 1 is 1.19 bits per heavy atom. The van der Waals surface area contributed by atoms with Crippen LogP contribution in [0.5, 0.6) is 0 Å². The number of hydrogen-bond acceptors (Lipinski definition) is 5. The van der Waals surface area contributed by atoms with Gasteiger partial charge in [-0.15, -0.1) is 0 Å². The minimum Gasteiger partial charge on any atom is -0.372 e. The number of morpholine rings is 1. The molecule has 6 nitrogen and oxygen atoms in total. The fourth-order valence-corrected chi connectivity index (χ4v) is 4.85. The Kier molecular flexibility index (Phi) is 6.02. The summed E-state index contributed by atoms with van der Waals surface area (Å²) in [7, 11) is 0. The Balaban J connectivity index is 1.56. The second-order valence-corrected chi connectivity index (χ2v) is 9.97. The van der Waals surface area contributed by atoms with Crippen LogP contribution in [-0.2, 0) is 16.0 Å². The van der Waals surface area contributed by atoms with Gasteiger partial charge < -0.3 is 15.0 Å². The van der Waals surface area contributed by atoms with E-state index in [2.05, 4.69) is 37.9 Å². The molecule has 0 radical (unpaired) electrons. The predicted octanol–water partition coefficient (Wildman–Crippen LogP) is 4.02. The number of ether oxygens (including phenoxy) is 1. The fourth-order valence-electron chi connectivity index (χ4n) is 4.85. The number of nitrogens with one attached hydrogen (secondary N) is 1. The molecule has 1 amide bonds. The maximum Gasteiger partial charge on any atom is 0.227 e. The lowest BCUT2D eigenvalue weighted by Crippen LogP contribution is -2.46. The molecule has 2 aliphatic rings. The summed E-state index contributed by atoms with van der Waals surface area (Å²) in [4.78, 5) is 24.9. The number of nitrogens with zero attached hydrogens (tertiary/aromatic N) is 3. The molecule has 1 fully saturated rings. The first-order valence-corrected chi connectivity index (χ1v) is 11.3. The van der Waals surface area contributed by atoms with Gasteiger partial charge in [0.05, 0.1) is 29.9 Å². The molecular formula is C25H34N4O2. The molecule has 6 heteroatoms. The van der Waals surface area contributed by atoms with Crippen molar-refractivity contribution < 1.29 is 9.53 Å². The molecule has 1 saturated heterocycles. The number of hydrogen-bond donors (Lipinski definition) is 1. The van der Waals surface area contributed by atoms with Gasteiger partial charge >= 0.3 is 0 Å². The van der Waals surface area contributed by atoms with Gasteiger partial charge in [0, 0.05) is 24.8 Å². The van der Waals surface area contributed by atoms with E-state index in [9.17, 15) is 4.79 Å². The van der Waals surface area contributed by atoms with E-state index in [-0.39, 0.29) is 35.5 Å². The van der Waals surface area contributed by atoms with Gasteiger partial charge in [0.2, 0.25) is 11.9 Å². The fraction of sp³-hybridized carbons (Fsp3) is 0.560. The topological polar surface area (TPSA) is 67.4 Å². The summed E-state index contributed by atoms with van der Waals surface area (Å²) in [5.74, 6) is 0.604. The van der Waals surface area contributed by atoms with Gasteiger partial charge in [-0.1, -0.05) is 44.2 Å². The molecule has 31 heavy (non-hydrogen) atoms. The van der Waals surface area contributed by atoms with Crippen LogP contribution in [0.4, 0.5) is 5.95 Å². The number of carbonyl (C=O) groups is 1. The minimum atomic E-state index is -0.203. The van der Waals surface area contributed by atoms with Crippen molar-refractivity contribution >= 4 is 11.9 Å². The first kappa shape index (κ1) is 21.8. The van der Waals surface area contributed by atoms with E-state index in [1.165, 1.54) is 0 Å². The van der Waals surface area contributed by atoms with Crippen molar-refractivity contribution in [3.63, 3.8) is 0 Å². The van der Waals surface area contributed by atoms with Crippen LogP contribution in [0.25, 0.3) is 0 Å². The lowest BCUT2D eigenvalue weighted by Gasteiger charge is -2.38. The van der Waals surface area contributed by atoms with E-state index < -0.39 is 0 Å². The zero-order valence-electron chi connectivity index (χ0n) is 19.3. The summed E-state index contributed by atoms with van der Waals surface area (Å²) >= 11 is 0. The van der Waals surface area contributed by atoms with Gasteiger partial charge in [-0.2, -0.15) is 0 Å². The molecule has 0 saturated carbocycles. The molecule has 1 N–H and O–H groups in total. The van der Waals surface area contributed by atoms with Crippen LogP contribution in [0.2, 0.25) is 0 Å². The summed E-state index contributed by atoms with van der Waals surface area (Å²) in [6.45, 7) is 12.2.